The number of fused-ring (bicyclic) bond motifs is 1. The summed E-state index contributed by atoms with van der Waals surface area (Å²) in [6.45, 7) is 6.03. The van der Waals surface area contributed by atoms with Gasteiger partial charge in [-0.05, 0) is 25.1 Å². The molecule has 0 aliphatic carbocycles. The van der Waals surface area contributed by atoms with Gasteiger partial charge in [0.25, 0.3) is 0 Å². The molecular formula is C10H12BrNS. The van der Waals surface area contributed by atoms with Crippen molar-refractivity contribution in [2.45, 2.75) is 20.8 Å². The Morgan fingerprint density at radius 2 is 2.00 bits per heavy atom. The average molecular weight is 258 g/mol. The Labute approximate surface area is 90.9 Å². The van der Waals surface area contributed by atoms with Crippen LogP contribution in [-0.4, -0.2) is 4.98 Å². The van der Waals surface area contributed by atoms with Crippen LogP contribution in [0.25, 0.3) is 10.2 Å². The van der Waals surface area contributed by atoms with Crippen LogP contribution in [0, 0.1) is 6.92 Å². The molecule has 0 radical (unpaired) electrons. The summed E-state index contributed by atoms with van der Waals surface area (Å²) >= 11 is 5.14. The van der Waals surface area contributed by atoms with Crippen molar-refractivity contribution >= 4 is 37.5 Å². The highest BCUT2D eigenvalue weighted by atomic mass is 79.9. The topological polar surface area (TPSA) is 12.9 Å². The molecule has 70 valence electrons. The summed E-state index contributed by atoms with van der Waals surface area (Å²) < 4.78 is 2.35. The minimum Gasteiger partial charge on any atom is -0.241 e. The maximum absolute atomic E-state index is 4.36. The van der Waals surface area contributed by atoms with Gasteiger partial charge in [0.05, 0.1) is 15.2 Å². The van der Waals surface area contributed by atoms with E-state index in [4.69, 9.17) is 0 Å². The van der Waals surface area contributed by atoms with Crippen molar-refractivity contribution < 1.29 is 0 Å². The molecule has 2 aromatic rings. The van der Waals surface area contributed by atoms with Crippen LogP contribution in [0.2, 0.25) is 0 Å². The van der Waals surface area contributed by atoms with Crippen LogP contribution >= 0.6 is 27.3 Å². The lowest BCUT2D eigenvalue weighted by molar-refractivity contribution is 1.34. The van der Waals surface area contributed by atoms with Crippen LogP contribution < -0.4 is 0 Å². The highest BCUT2D eigenvalue weighted by Crippen LogP contribution is 2.24. The minimum atomic E-state index is 1.09. The Bertz CT molecular complexity index is 395. The first-order chi connectivity index (χ1) is 6.25. The summed E-state index contributed by atoms with van der Waals surface area (Å²) in [5.74, 6) is 0. The van der Waals surface area contributed by atoms with Crippen molar-refractivity contribution in [1.29, 1.82) is 0 Å². The van der Waals surface area contributed by atoms with Crippen LogP contribution in [0.15, 0.2) is 22.7 Å². The van der Waals surface area contributed by atoms with Gasteiger partial charge in [-0.2, -0.15) is 0 Å². The molecule has 1 nitrogen and oxygen atoms in total. The quantitative estimate of drug-likeness (QED) is 0.682. The number of aromatic nitrogens is 1. The highest BCUT2D eigenvalue weighted by Gasteiger charge is 1.98. The van der Waals surface area contributed by atoms with Gasteiger partial charge in [0.1, 0.15) is 0 Å². The van der Waals surface area contributed by atoms with Gasteiger partial charge in [0.15, 0.2) is 0 Å². The lowest BCUT2D eigenvalue weighted by Gasteiger charge is -1.87. The van der Waals surface area contributed by atoms with Crippen LogP contribution in [0.5, 0.6) is 0 Å². The summed E-state index contributed by atoms with van der Waals surface area (Å²) in [5.41, 5.74) is 1.09. The molecule has 1 aromatic carbocycles. The normalized spacial score (nSPS) is 9.54. The molecule has 1 heterocycles. The Morgan fingerprint density at radius 3 is 2.69 bits per heavy atom. The summed E-state index contributed by atoms with van der Waals surface area (Å²) in [7, 11) is 0. The molecule has 2 rings (SSSR count). The zero-order valence-electron chi connectivity index (χ0n) is 7.97. The molecule has 13 heavy (non-hydrogen) atoms. The molecule has 0 saturated heterocycles. The van der Waals surface area contributed by atoms with Crippen molar-refractivity contribution in [3.05, 3.63) is 27.7 Å². The predicted octanol–water partition coefficient (Wildman–Crippen LogP) is 4.39. The fourth-order valence-electron chi connectivity index (χ4n) is 1.02. The van der Waals surface area contributed by atoms with Gasteiger partial charge >= 0.3 is 0 Å². The van der Waals surface area contributed by atoms with Gasteiger partial charge < -0.3 is 0 Å². The molecule has 0 fully saturated rings. The van der Waals surface area contributed by atoms with E-state index < -0.39 is 0 Å². The van der Waals surface area contributed by atoms with Gasteiger partial charge in [0.2, 0.25) is 0 Å². The lowest BCUT2D eigenvalue weighted by Crippen LogP contribution is -1.67. The molecule has 0 saturated carbocycles. The van der Waals surface area contributed by atoms with Gasteiger partial charge in [-0.3, -0.25) is 0 Å². The average Bonchev–Trinajstić information content (AvgIpc) is 2.48. The minimum absolute atomic E-state index is 1.09. The first-order valence-electron chi connectivity index (χ1n) is 4.28. The summed E-state index contributed by atoms with van der Waals surface area (Å²) in [4.78, 5) is 4.36. The summed E-state index contributed by atoms with van der Waals surface area (Å²) in [5, 5.41) is 1.12. The second-order valence-corrected chi connectivity index (χ2v) is 4.50. The van der Waals surface area contributed by atoms with Crippen molar-refractivity contribution in [2.24, 2.45) is 0 Å². The van der Waals surface area contributed by atoms with Crippen molar-refractivity contribution in [3.63, 3.8) is 0 Å². The molecule has 0 atom stereocenters. The number of hydrogen-bond donors (Lipinski definition) is 0. The number of hydrogen-bond acceptors (Lipinski definition) is 2. The van der Waals surface area contributed by atoms with E-state index in [2.05, 4.69) is 27.0 Å². The van der Waals surface area contributed by atoms with Crippen LogP contribution in [0.3, 0.4) is 0 Å². The van der Waals surface area contributed by atoms with Gasteiger partial charge in [-0.1, -0.05) is 29.8 Å². The maximum atomic E-state index is 4.36. The fourth-order valence-corrected chi connectivity index (χ4v) is 2.17. The largest absolute Gasteiger partial charge is 0.241 e. The fraction of sp³-hybridized carbons (Fsp3) is 0.300. The van der Waals surface area contributed by atoms with E-state index in [1.165, 1.54) is 4.70 Å². The predicted molar refractivity (Wildman–Crippen MR) is 63.4 cm³/mol. The number of aryl methyl sites for hydroxylation is 1. The summed E-state index contributed by atoms with van der Waals surface area (Å²) in [6, 6.07) is 6.17. The van der Waals surface area contributed by atoms with Gasteiger partial charge in [-0.25, -0.2) is 4.98 Å². The Morgan fingerprint density at radius 1 is 1.31 bits per heavy atom. The molecule has 0 unspecified atom stereocenters. The highest BCUT2D eigenvalue weighted by molar-refractivity contribution is 9.10. The molecule has 0 N–H and O–H groups in total. The molecule has 0 aliphatic rings. The first kappa shape index (κ1) is 10.7. The molecule has 0 amide bonds. The van der Waals surface area contributed by atoms with E-state index in [9.17, 15) is 0 Å². The SMILES string of the molecule is CC.Cc1nc2cc(Br)ccc2s1. The van der Waals surface area contributed by atoms with Crippen molar-refractivity contribution in [1.82, 2.24) is 4.98 Å². The van der Waals surface area contributed by atoms with E-state index >= 15 is 0 Å². The monoisotopic (exact) mass is 257 g/mol. The molecular weight excluding hydrogens is 246 g/mol. The second-order valence-electron chi connectivity index (χ2n) is 2.34. The number of halogens is 1. The smallest absolute Gasteiger partial charge is 0.0907 e. The third kappa shape index (κ3) is 2.51. The molecule has 0 aliphatic heterocycles. The third-order valence-corrected chi connectivity index (χ3v) is 2.90. The molecule has 1 aromatic heterocycles. The van der Waals surface area contributed by atoms with Crippen LogP contribution in [0.4, 0.5) is 0 Å². The van der Waals surface area contributed by atoms with E-state index in [0.29, 0.717) is 0 Å². The van der Waals surface area contributed by atoms with Gasteiger partial charge in [-0.15, -0.1) is 11.3 Å². The Hall–Kier alpha value is -0.410. The zero-order chi connectivity index (χ0) is 9.84. The van der Waals surface area contributed by atoms with E-state index in [0.717, 1.165) is 15.0 Å². The maximum Gasteiger partial charge on any atom is 0.0907 e. The van der Waals surface area contributed by atoms with Crippen LogP contribution in [0.1, 0.15) is 18.9 Å². The standard InChI is InChI=1S/C8H6BrNS.C2H6/c1-5-10-7-4-6(9)2-3-8(7)11-5;1-2/h2-4H,1H3;1-2H3. The van der Waals surface area contributed by atoms with E-state index in [-0.39, 0.29) is 0 Å². The van der Waals surface area contributed by atoms with E-state index in [1.807, 2.05) is 32.9 Å². The number of nitrogens with zero attached hydrogens (tertiary/aromatic N) is 1. The van der Waals surface area contributed by atoms with Crippen molar-refractivity contribution in [2.75, 3.05) is 0 Å². The van der Waals surface area contributed by atoms with E-state index in [1.54, 1.807) is 11.3 Å². The molecule has 0 bridgehead atoms. The molecule has 0 spiro atoms. The lowest BCUT2D eigenvalue weighted by atomic mass is 10.3. The summed E-state index contributed by atoms with van der Waals surface area (Å²) in [6.07, 6.45) is 0. The molecule has 3 heteroatoms. The van der Waals surface area contributed by atoms with Crippen LogP contribution in [-0.2, 0) is 0 Å². The van der Waals surface area contributed by atoms with Gasteiger partial charge in [0, 0.05) is 4.47 Å². The first-order valence-corrected chi connectivity index (χ1v) is 5.89. The number of benzene rings is 1. The second kappa shape index (κ2) is 4.72. The van der Waals surface area contributed by atoms with Crippen molar-refractivity contribution in [3.8, 4) is 0 Å². The Balaban J connectivity index is 0.000000396. The number of thiazole rings is 1. The zero-order valence-corrected chi connectivity index (χ0v) is 10.4. The number of rotatable bonds is 0. The Kier molecular flexibility index (Phi) is 3.88. The third-order valence-electron chi connectivity index (χ3n) is 1.46.